The Morgan fingerprint density at radius 1 is 0.877 bits per heavy atom. The molecule has 1 unspecified atom stereocenters. The molecule has 2 saturated heterocycles. The molecule has 2 aromatic carbocycles. The highest BCUT2D eigenvalue weighted by Gasteiger charge is 2.62. The Hall–Kier alpha value is -3.80. The average Bonchev–Trinajstić information content (AvgIpc) is 3.94. The lowest BCUT2D eigenvalue weighted by Gasteiger charge is -2.32. The Balaban J connectivity index is 1.07. The molecule has 2 N–H and O–H groups in total. The summed E-state index contributed by atoms with van der Waals surface area (Å²) in [5.41, 5.74) is 6.07. The van der Waals surface area contributed by atoms with Gasteiger partial charge in [-0.25, -0.2) is 18.5 Å². The first kappa shape index (κ1) is 50.6. The van der Waals surface area contributed by atoms with Crippen LogP contribution in [0.1, 0.15) is 161 Å². The molecule has 16 heteroatoms. The lowest BCUT2D eigenvalue weighted by molar-refractivity contribution is -0.212. The summed E-state index contributed by atoms with van der Waals surface area (Å²) in [7, 11) is -4.52. The molecule has 6 rings (SSSR count). The standard InChI is InChI=1S/C49H68ClFN5O8P/c1-5-6-7-8-9-10-11-12-13-14-15-16-17-18-19-20-21-24-38(60-37-28-27-36(32-52)40(51)31-37)33-58-65(57,64-43-26-23-22-25-39(43)50)59-34-49(4)46-45(61-48(2,3)63-46)44(62-49)41-29-30-42-47(53)54-35-55-56(41)42/h22-23,25-31,35,38,44-46H,5-21,24,33-34H2,1-4H3,(H2,53,54,55)/t38-,44+,45+,46+,49-,65?/m1/s1. The Morgan fingerprint density at radius 2 is 1.52 bits per heavy atom. The molecule has 2 aliphatic heterocycles. The number of nitrogen functional groups attached to an aromatic ring is 1. The predicted molar refractivity (Wildman–Crippen MR) is 249 cm³/mol. The number of nitrogens with two attached hydrogens (primary N) is 1. The normalized spacial score (nSPS) is 21.5. The molecule has 356 valence electrons. The molecule has 6 atom stereocenters. The van der Waals surface area contributed by atoms with E-state index in [0.717, 1.165) is 25.7 Å². The summed E-state index contributed by atoms with van der Waals surface area (Å²) in [5.74, 6) is -1.08. The first-order valence-corrected chi connectivity index (χ1v) is 25.5. The van der Waals surface area contributed by atoms with Crippen molar-refractivity contribution in [2.45, 2.75) is 179 Å². The average molecular weight is 941 g/mol. The molecule has 0 spiro atoms. The number of fused-ring (bicyclic) bond motifs is 2. The lowest BCUT2D eigenvalue weighted by atomic mass is 9.97. The van der Waals surface area contributed by atoms with E-state index in [1.54, 1.807) is 41.8 Å². The number of nitrogens with zero attached hydrogens (tertiary/aromatic N) is 4. The Labute approximate surface area is 389 Å². The van der Waals surface area contributed by atoms with Crippen LogP contribution in [0.5, 0.6) is 11.5 Å². The zero-order valence-corrected chi connectivity index (χ0v) is 40.2. The van der Waals surface area contributed by atoms with Crippen molar-refractivity contribution in [3.8, 4) is 17.6 Å². The third kappa shape index (κ3) is 14.4. The minimum absolute atomic E-state index is 0.0871. The number of unbranched alkanes of at least 4 members (excludes halogenated alkanes) is 16. The fourth-order valence-corrected chi connectivity index (χ4v) is 10.2. The van der Waals surface area contributed by atoms with Crippen LogP contribution in [0.2, 0.25) is 5.02 Å². The van der Waals surface area contributed by atoms with Crippen molar-refractivity contribution in [2.24, 2.45) is 0 Å². The monoisotopic (exact) mass is 939 g/mol. The molecule has 0 bridgehead atoms. The zero-order valence-electron chi connectivity index (χ0n) is 38.6. The summed E-state index contributed by atoms with van der Waals surface area (Å²) < 4.78 is 75.4. The molecule has 0 saturated carbocycles. The highest BCUT2D eigenvalue weighted by atomic mass is 35.5. The summed E-state index contributed by atoms with van der Waals surface area (Å²) in [4.78, 5) is 4.10. The first-order valence-electron chi connectivity index (χ1n) is 23.6. The maximum absolute atomic E-state index is 14.9. The number of benzene rings is 2. The number of anilines is 1. The van der Waals surface area contributed by atoms with Gasteiger partial charge in [0.1, 0.15) is 65.2 Å². The number of nitriles is 1. The van der Waals surface area contributed by atoms with Crippen molar-refractivity contribution in [3.63, 3.8) is 0 Å². The first-order chi connectivity index (χ1) is 31.3. The van der Waals surface area contributed by atoms with Gasteiger partial charge in [-0.05, 0) is 70.0 Å². The minimum Gasteiger partial charge on any atom is -0.488 e. The van der Waals surface area contributed by atoms with Crippen molar-refractivity contribution < 1.29 is 41.5 Å². The highest BCUT2D eigenvalue weighted by molar-refractivity contribution is 7.49. The van der Waals surface area contributed by atoms with E-state index >= 15 is 0 Å². The molecule has 2 fully saturated rings. The van der Waals surface area contributed by atoms with Crippen molar-refractivity contribution >= 4 is 30.8 Å². The van der Waals surface area contributed by atoms with E-state index in [4.69, 9.17) is 49.9 Å². The van der Waals surface area contributed by atoms with Crippen LogP contribution in [0.15, 0.2) is 60.9 Å². The van der Waals surface area contributed by atoms with Gasteiger partial charge < -0.3 is 29.2 Å². The quantitative estimate of drug-likeness (QED) is 0.0406. The maximum Gasteiger partial charge on any atom is 0.530 e. The third-order valence-corrected chi connectivity index (χ3v) is 13.8. The molecule has 65 heavy (non-hydrogen) atoms. The van der Waals surface area contributed by atoms with Gasteiger partial charge in [0, 0.05) is 6.07 Å². The number of phosphoric acid groups is 1. The summed E-state index contributed by atoms with van der Waals surface area (Å²) in [6.45, 7) is 7.13. The second kappa shape index (κ2) is 24.3. The van der Waals surface area contributed by atoms with Crippen LogP contribution >= 0.6 is 19.4 Å². The van der Waals surface area contributed by atoms with Crippen LogP contribution in [0.3, 0.4) is 0 Å². The topological polar surface area (TPSA) is 162 Å². The number of aromatic nitrogens is 3. The van der Waals surface area contributed by atoms with Gasteiger partial charge in [-0.2, -0.15) is 10.4 Å². The molecule has 0 aliphatic carbocycles. The van der Waals surface area contributed by atoms with Crippen molar-refractivity contribution in [1.29, 1.82) is 5.26 Å². The largest absolute Gasteiger partial charge is 0.530 e. The molecule has 0 amide bonds. The smallest absolute Gasteiger partial charge is 0.488 e. The summed E-state index contributed by atoms with van der Waals surface area (Å²) in [6.07, 6.45) is 20.5. The molecular formula is C49H68ClFN5O8P. The minimum atomic E-state index is -4.52. The van der Waals surface area contributed by atoms with E-state index in [2.05, 4.69) is 17.0 Å². The summed E-state index contributed by atoms with van der Waals surface area (Å²) >= 11 is 6.50. The molecule has 13 nitrogen and oxygen atoms in total. The molecule has 0 radical (unpaired) electrons. The molecule has 4 heterocycles. The third-order valence-electron chi connectivity index (χ3n) is 12.2. The van der Waals surface area contributed by atoms with Gasteiger partial charge in [0.2, 0.25) is 0 Å². The van der Waals surface area contributed by atoms with E-state index < -0.39 is 49.4 Å². The van der Waals surface area contributed by atoms with Crippen molar-refractivity contribution in [1.82, 2.24) is 14.6 Å². The Bertz CT molecular complexity index is 2210. The number of halogens is 2. The number of hydrogen-bond donors (Lipinski definition) is 1. The second-order valence-corrected chi connectivity index (χ2v) is 20.0. The Kier molecular flexibility index (Phi) is 18.9. The van der Waals surface area contributed by atoms with Crippen LogP contribution in [0.25, 0.3) is 5.52 Å². The maximum atomic E-state index is 14.9. The summed E-state index contributed by atoms with van der Waals surface area (Å²) in [5, 5.41) is 13.9. The van der Waals surface area contributed by atoms with Gasteiger partial charge in [0.05, 0.1) is 29.5 Å². The number of para-hydroxylation sites is 1. The van der Waals surface area contributed by atoms with Crippen LogP contribution in [-0.4, -0.2) is 57.5 Å². The molecule has 2 aliphatic rings. The van der Waals surface area contributed by atoms with Gasteiger partial charge in [-0.1, -0.05) is 133 Å². The van der Waals surface area contributed by atoms with E-state index in [1.807, 2.05) is 26.0 Å². The van der Waals surface area contributed by atoms with Gasteiger partial charge in [0.15, 0.2) is 11.6 Å². The van der Waals surface area contributed by atoms with Crippen molar-refractivity contribution in [3.05, 3.63) is 83.0 Å². The summed E-state index contributed by atoms with van der Waals surface area (Å²) in [6, 6.07) is 16.1. The fourth-order valence-electron chi connectivity index (χ4n) is 8.68. The zero-order chi connectivity index (χ0) is 46.3. The van der Waals surface area contributed by atoms with Crippen LogP contribution in [0, 0.1) is 17.1 Å². The highest BCUT2D eigenvalue weighted by Crippen LogP contribution is 2.55. The van der Waals surface area contributed by atoms with E-state index in [9.17, 15) is 14.2 Å². The molecular weight excluding hydrogens is 872 g/mol. The van der Waals surface area contributed by atoms with E-state index in [-0.39, 0.29) is 35.3 Å². The van der Waals surface area contributed by atoms with Gasteiger partial charge in [0.25, 0.3) is 0 Å². The SMILES string of the molecule is CCCCCCCCCCCCCCCCCCC[C@H](COP(=O)(OC[C@@]1(C)O[C@@H](c2ccc3c(N)ncnn23)[C@@H]2OC(C)(C)O[C@@H]21)Oc1ccccc1Cl)Oc1ccc(C#N)c(F)c1. The molecule has 4 aromatic rings. The number of phosphoric ester groups is 1. The van der Waals surface area contributed by atoms with Crippen LogP contribution < -0.4 is 15.0 Å². The Morgan fingerprint density at radius 3 is 2.15 bits per heavy atom. The van der Waals surface area contributed by atoms with E-state index in [1.165, 1.54) is 108 Å². The van der Waals surface area contributed by atoms with Gasteiger partial charge in [-0.3, -0.25) is 9.05 Å². The van der Waals surface area contributed by atoms with E-state index in [0.29, 0.717) is 23.4 Å². The van der Waals surface area contributed by atoms with Crippen LogP contribution in [0.4, 0.5) is 10.2 Å². The number of rotatable bonds is 29. The lowest BCUT2D eigenvalue weighted by Crippen LogP contribution is -2.44. The fraction of sp³-hybridized carbons (Fsp3) is 0.612. The number of hydrogen-bond acceptors (Lipinski definition) is 12. The van der Waals surface area contributed by atoms with Crippen molar-refractivity contribution in [2.75, 3.05) is 18.9 Å². The predicted octanol–water partition coefficient (Wildman–Crippen LogP) is 13.0. The number of ether oxygens (including phenoxy) is 4. The van der Waals surface area contributed by atoms with Crippen LogP contribution in [-0.2, 0) is 27.8 Å². The molecule has 2 aromatic heterocycles. The van der Waals surface area contributed by atoms with Gasteiger partial charge in [-0.15, -0.1) is 0 Å². The second-order valence-electron chi connectivity index (χ2n) is 18.0. The van der Waals surface area contributed by atoms with Gasteiger partial charge >= 0.3 is 7.82 Å².